The van der Waals surface area contributed by atoms with Crippen molar-refractivity contribution in [1.82, 2.24) is 29.4 Å². The van der Waals surface area contributed by atoms with Crippen LogP contribution in [0.5, 0.6) is 5.75 Å². The summed E-state index contributed by atoms with van der Waals surface area (Å²) in [6.07, 6.45) is 3.86. The molecule has 4 aromatic rings. The van der Waals surface area contributed by atoms with Gasteiger partial charge in [0.2, 0.25) is 5.95 Å². The maximum Gasteiger partial charge on any atom is 0.223 e. The molecule has 1 fully saturated rings. The number of methoxy groups -OCH3 is 1. The molecule has 186 valence electrons. The Morgan fingerprint density at radius 3 is 2.71 bits per heavy atom. The normalized spacial score (nSPS) is 19.1. The van der Waals surface area contributed by atoms with Crippen molar-refractivity contribution in [3.63, 3.8) is 0 Å². The van der Waals surface area contributed by atoms with Crippen molar-refractivity contribution < 1.29 is 14.2 Å². The predicted molar refractivity (Wildman–Crippen MR) is 131 cm³/mol. The van der Waals surface area contributed by atoms with Crippen LogP contribution in [0, 0.1) is 12.7 Å². The molecule has 2 atom stereocenters. The van der Waals surface area contributed by atoms with Gasteiger partial charge in [0.25, 0.3) is 0 Å². The zero-order valence-electron chi connectivity index (χ0n) is 20.7. The molecular weight excluding hydrogens is 451 g/mol. The Bertz CT molecular complexity index is 1410. The van der Waals surface area contributed by atoms with E-state index in [1.165, 1.54) is 23.8 Å². The first kappa shape index (κ1) is 23.3. The lowest BCUT2D eigenvalue weighted by Crippen LogP contribution is -2.41. The maximum atomic E-state index is 14.3. The first-order chi connectivity index (χ1) is 16.5. The number of ether oxygens (including phenoxy) is 1. The summed E-state index contributed by atoms with van der Waals surface area (Å²) in [5.41, 5.74) is 8.20. The van der Waals surface area contributed by atoms with Gasteiger partial charge in [-0.25, -0.2) is 14.4 Å². The molecule has 1 aliphatic rings. The Hall–Kier alpha value is -3.47. The van der Waals surface area contributed by atoms with E-state index in [4.69, 9.17) is 15.5 Å². The molecule has 1 aliphatic heterocycles. The van der Waals surface area contributed by atoms with Gasteiger partial charge in [0, 0.05) is 30.8 Å². The van der Waals surface area contributed by atoms with E-state index in [9.17, 15) is 9.50 Å². The number of aryl methyl sites for hydroxylation is 1. The molecule has 1 saturated heterocycles. The standard InChI is InChI=1S/C24H31FN8O2/c1-13-6-7-15(10-32(13)18-11-31(29-14(18)2)12-24(3,4)34)21-28-22-17-8-16(25)9-19(35-5)20(17)27-23(26)33(22)30-21/h8-9,11,13,15,34H,6-7,10,12H2,1-5H3,(H2,26,27)/t13-,15+/m1/s1. The lowest BCUT2D eigenvalue weighted by Gasteiger charge is -2.38. The number of benzene rings is 1. The van der Waals surface area contributed by atoms with Gasteiger partial charge in [-0.1, -0.05) is 0 Å². The van der Waals surface area contributed by atoms with Crippen molar-refractivity contribution in [2.75, 3.05) is 24.3 Å². The number of hydrogen-bond donors (Lipinski definition) is 2. The van der Waals surface area contributed by atoms with Crippen molar-refractivity contribution in [2.24, 2.45) is 0 Å². The van der Waals surface area contributed by atoms with E-state index >= 15 is 0 Å². The van der Waals surface area contributed by atoms with E-state index in [2.05, 4.69) is 27.0 Å². The molecule has 0 saturated carbocycles. The highest BCUT2D eigenvalue weighted by Gasteiger charge is 2.32. The molecule has 35 heavy (non-hydrogen) atoms. The number of halogens is 1. The summed E-state index contributed by atoms with van der Waals surface area (Å²) in [6, 6.07) is 2.98. The minimum atomic E-state index is -0.856. The number of nitrogen functional groups attached to an aromatic ring is 1. The summed E-state index contributed by atoms with van der Waals surface area (Å²) in [5, 5.41) is 20.0. The Kier molecular flexibility index (Phi) is 5.54. The third-order valence-corrected chi connectivity index (χ3v) is 6.59. The number of aliphatic hydroxyl groups is 1. The second-order valence-electron chi connectivity index (χ2n) is 10.1. The lowest BCUT2D eigenvalue weighted by molar-refractivity contribution is 0.0577. The van der Waals surface area contributed by atoms with Gasteiger partial charge in [0.15, 0.2) is 11.5 Å². The molecule has 0 spiro atoms. The largest absolute Gasteiger partial charge is 0.494 e. The van der Waals surface area contributed by atoms with Gasteiger partial charge in [-0.05, 0) is 46.6 Å². The van der Waals surface area contributed by atoms with Crippen molar-refractivity contribution in [1.29, 1.82) is 0 Å². The predicted octanol–water partition coefficient (Wildman–Crippen LogP) is 3.06. The Labute approximate surface area is 202 Å². The molecule has 3 aromatic heterocycles. The molecule has 0 radical (unpaired) electrons. The Morgan fingerprint density at radius 1 is 1.23 bits per heavy atom. The summed E-state index contributed by atoms with van der Waals surface area (Å²) in [7, 11) is 1.47. The molecule has 10 nitrogen and oxygen atoms in total. The Morgan fingerprint density at radius 2 is 2.00 bits per heavy atom. The molecule has 5 rings (SSSR count). The third kappa shape index (κ3) is 4.24. The van der Waals surface area contributed by atoms with E-state index in [1.54, 1.807) is 18.5 Å². The van der Waals surface area contributed by atoms with Crippen LogP contribution < -0.4 is 15.4 Å². The maximum absolute atomic E-state index is 14.3. The van der Waals surface area contributed by atoms with Gasteiger partial charge in [-0.15, -0.1) is 5.10 Å². The molecule has 0 bridgehead atoms. The zero-order chi connectivity index (χ0) is 25.1. The van der Waals surface area contributed by atoms with Crippen LogP contribution in [0.3, 0.4) is 0 Å². The second kappa shape index (κ2) is 8.33. The van der Waals surface area contributed by atoms with E-state index in [0.717, 1.165) is 24.2 Å². The number of nitrogens with two attached hydrogens (primary N) is 1. The van der Waals surface area contributed by atoms with Crippen molar-refractivity contribution in [2.45, 2.75) is 64.6 Å². The summed E-state index contributed by atoms with van der Waals surface area (Å²) in [5.74, 6) is 0.722. The van der Waals surface area contributed by atoms with Crippen LogP contribution in [-0.2, 0) is 6.54 Å². The average molecular weight is 483 g/mol. The van der Waals surface area contributed by atoms with Crippen LogP contribution in [0.15, 0.2) is 18.3 Å². The molecule has 0 amide bonds. The number of nitrogens with zero attached hydrogens (tertiary/aromatic N) is 7. The SMILES string of the molecule is COc1cc(F)cc2c1nc(N)n1nc([C@H]3CC[C@@H](C)N(c4cn(CC(C)(C)O)nc4C)C3)nc21. The van der Waals surface area contributed by atoms with Crippen LogP contribution in [0.4, 0.5) is 16.0 Å². The molecule has 0 aliphatic carbocycles. The van der Waals surface area contributed by atoms with Gasteiger partial charge in [0.05, 0.1) is 36.0 Å². The number of fused-ring (bicyclic) bond motifs is 3. The fourth-order valence-corrected chi connectivity index (χ4v) is 4.93. The van der Waals surface area contributed by atoms with Crippen LogP contribution in [0.2, 0.25) is 0 Å². The number of anilines is 2. The highest BCUT2D eigenvalue weighted by atomic mass is 19.1. The monoisotopic (exact) mass is 482 g/mol. The topological polar surface area (TPSA) is 120 Å². The Balaban J connectivity index is 1.51. The molecule has 3 N–H and O–H groups in total. The fraction of sp³-hybridized carbons (Fsp3) is 0.500. The average Bonchev–Trinajstić information content (AvgIpc) is 3.37. The molecule has 0 unspecified atom stereocenters. The highest BCUT2D eigenvalue weighted by Crippen LogP contribution is 2.35. The van der Waals surface area contributed by atoms with E-state index in [-0.39, 0.29) is 11.9 Å². The van der Waals surface area contributed by atoms with Gasteiger partial charge in [0.1, 0.15) is 17.1 Å². The number of piperidine rings is 1. The highest BCUT2D eigenvalue weighted by molar-refractivity contribution is 5.95. The fourth-order valence-electron chi connectivity index (χ4n) is 4.93. The third-order valence-electron chi connectivity index (χ3n) is 6.59. The number of aromatic nitrogens is 6. The summed E-state index contributed by atoms with van der Waals surface area (Å²) < 4.78 is 22.9. The first-order valence-corrected chi connectivity index (χ1v) is 11.8. The lowest BCUT2D eigenvalue weighted by atomic mass is 9.92. The van der Waals surface area contributed by atoms with Crippen LogP contribution in [0.1, 0.15) is 51.0 Å². The quantitative estimate of drug-likeness (QED) is 0.445. The van der Waals surface area contributed by atoms with Crippen LogP contribution in [-0.4, -0.2) is 59.8 Å². The van der Waals surface area contributed by atoms with Crippen molar-refractivity contribution in [3.8, 4) is 5.75 Å². The molecule has 11 heteroatoms. The first-order valence-electron chi connectivity index (χ1n) is 11.8. The van der Waals surface area contributed by atoms with Crippen LogP contribution >= 0.6 is 0 Å². The van der Waals surface area contributed by atoms with E-state index in [1.807, 2.05) is 13.1 Å². The molecule has 4 heterocycles. The van der Waals surface area contributed by atoms with E-state index < -0.39 is 11.4 Å². The van der Waals surface area contributed by atoms with Gasteiger partial charge in [-0.2, -0.15) is 9.61 Å². The molecular formula is C24H31FN8O2. The smallest absolute Gasteiger partial charge is 0.223 e. The van der Waals surface area contributed by atoms with E-state index in [0.29, 0.717) is 47.3 Å². The summed E-state index contributed by atoms with van der Waals surface area (Å²) in [4.78, 5) is 11.5. The summed E-state index contributed by atoms with van der Waals surface area (Å²) >= 11 is 0. The zero-order valence-corrected chi connectivity index (χ0v) is 20.7. The minimum absolute atomic E-state index is 0.0491. The van der Waals surface area contributed by atoms with Gasteiger partial charge >= 0.3 is 0 Å². The van der Waals surface area contributed by atoms with Crippen molar-refractivity contribution >= 4 is 28.2 Å². The second-order valence-corrected chi connectivity index (χ2v) is 10.1. The molecule has 1 aromatic carbocycles. The number of rotatable bonds is 5. The summed E-state index contributed by atoms with van der Waals surface area (Å²) in [6.45, 7) is 8.83. The minimum Gasteiger partial charge on any atom is -0.494 e. The van der Waals surface area contributed by atoms with Gasteiger partial charge < -0.3 is 20.5 Å². The van der Waals surface area contributed by atoms with Gasteiger partial charge in [-0.3, -0.25) is 4.68 Å². The van der Waals surface area contributed by atoms with Crippen molar-refractivity contribution in [3.05, 3.63) is 35.7 Å². The van der Waals surface area contributed by atoms with Crippen LogP contribution in [0.25, 0.3) is 16.6 Å². The number of hydrogen-bond acceptors (Lipinski definition) is 8.